The van der Waals surface area contributed by atoms with E-state index in [0.717, 1.165) is 0 Å². The zero-order chi connectivity index (χ0) is 0. The van der Waals surface area contributed by atoms with Crippen molar-refractivity contribution in [2.45, 2.75) is 0 Å². The van der Waals surface area contributed by atoms with Gasteiger partial charge in [-0.2, -0.15) is 0 Å². The zero-order valence-corrected chi connectivity index (χ0v) is 4.69. The summed E-state index contributed by atoms with van der Waals surface area (Å²) in [6.45, 7) is 0. The van der Waals surface area contributed by atoms with Gasteiger partial charge in [-0.15, -0.1) is 0 Å². The van der Waals surface area contributed by atoms with Gasteiger partial charge in [0.15, 0.2) is 0 Å². The minimum atomic E-state index is 0. The SMILES string of the molecule is F.F.O.[F-].[Na+]. The van der Waals surface area contributed by atoms with Crippen molar-refractivity contribution in [1.82, 2.24) is 0 Å². The first kappa shape index (κ1) is 231. The molecule has 0 aromatic rings. The first-order chi connectivity index (χ1) is 0. The van der Waals surface area contributed by atoms with Gasteiger partial charge in [0.05, 0.1) is 0 Å². The average molecular weight is 100 g/mol. The minimum Gasteiger partial charge on any atom is -1.00 e. The Hall–Kier alpha value is 0.750. The molecule has 0 aliphatic rings. The molecule has 0 heterocycles. The molecule has 0 rings (SSSR count). The van der Waals surface area contributed by atoms with E-state index in [-0.39, 0.29) is 49.1 Å². The second-order valence-electron chi connectivity index (χ2n) is 0. The first-order valence-electron chi connectivity index (χ1n) is 0. The van der Waals surface area contributed by atoms with Crippen LogP contribution in [0, 0.1) is 0 Å². The molecule has 0 aromatic heterocycles. The number of hydrogen-bond acceptors (Lipinski definition) is 0. The third-order valence-corrected chi connectivity index (χ3v) is 0. The maximum atomic E-state index is 0. The second-order valence-corrected chi connectivity index (χ2v) is 0. The van der Waals surface area contributed by atoms with Gasteiger partial charge in [-0.3, -0.25) is 9.41 Å². The number of rotatable bonds is 0. The summed E-state index contributed by atoms with van der Waals surface area (Å²) in [5, 5.41) is 0. The van der Waals surface area contributed by atoms with Gasteiger partial charge in [0, 0.05) is 0 Å². The van der Waals surface area contributed by atoms with Crippen molar-refractivity contribution < 1.29 is 49.1 Å². The maximum absolute atomic E-state index is 0. The van der Waals surface area contributed by atoms with Crippen LogP contribution in [0.1, 0.15) is 0 Å². The molecule has 0 fully saturated rings. The quantitative estimate of drug-likeness (QED) is 0.271. The predicted molar refractivity (Wildman–Crippen MR) is 8.62 cm³/mol. The molecule has 0 aromatic carbocycles. The van der Waals surface area contributed by atoms with Crippen molar-refractivity contribution in [2.24, 2.45) is 0 Å². The molecule has 0 aliphatic heterocycles. The molecule has 2 N–H and O–H groups in total. The van der Waals surface area contributed by atoms with E-state index in [0.29, 0.717) is 0 Å². The minimum absolute atomic E-state index is 0. The van der Waals surface area contributed by atoms with Crippen molar-refractivity contribution in [3.8, 4) is 0 Å². The third kappa shape index (κ3) is 63.9. The topological polar surface area (TPSA) is 31.5 Å². The first-order valence-corrected chi connectivity index (χ1v) is 0. The standard InChI is InChI=1S/3FH.Na.H2O/h3*1H;;1H2/q;;;+1;/p-1. The second kappa shape index (κ2) is 119. The fourth-order valence-corrected chi connectivity index (χ4v) is 0. The van der Waals surface area contributed by atoms with Crippen molar-refractivity contribution in [1.29, 1.82) is 0 Å². The van der Waals surface area contributed by atoms with Crippen LogP contribution in [0.2, 0.25) is 0 Å². The Morgan fingerprint density at radius 2 is 0.800 bits per heavy atom. The normalized spacial score (nSPS) is 0. The molecule has 0 aliphatic carbocycles. The van der Waals surface area contributed by atoms with Crippen LogP contribution in [0.25, 0.3) is 0 Å². The molecule has 5 heteroatoms. The summed E-state index contributed by atoms with van der Waals surface area (Å²) in [6.07, 6.45) is 0. The van der Waals surface area contributed by atoms with Crippen LogP contribution in [0.5, 0.6) is 0 Å². The van der Waals surface area contributed by atoms with Crippen LogP contribution >= 0.6 is 0 Å². The summed E-state index contributed by atoms with van der Waals surface area (Å²) in [5.74, 6) is 0. The van der Waals surface area contributed by atoms with Gasteiger partial charge in [-0.05, 0) is 0 Å². The smallest absolute Gasteiger partial charge is 1.00 e. The fourth-order valence-electron chi connectivity index (χ4n) is 0. The summed E-state index contributed by atoms with van der Waals surface area (Å²) < 4.78 is 0. The predicted octanol–water partition coefficient (Wildman–Crippen LogP) is -6.51. The van der Waals surface area contributed by atoms with Gasteiger partial charge < -0.3 is 10.2 Å². The largest absolute Gasteiger partial charge is 1.00 e. The molecule has 0 radical (unpaired) electrons. The molecule has 0 atom stereocenters. The van der Waals surface area contributed by atoms with E-state index in [9.17, 15) is 0 Å². The van der Waals surface area contributed by atoms with E-state index < -0.39 is 0 Å². The van der Waals surface area contributed by atoms with E-state index in [4.69, 9.17) is 0 Å². The molecule has 0 unspecified atom stereocenters. The number of halogens is 3. The Morgan fingerprint density at radius 1 is 0.800 bits per heavy atom. The van der Waals surface area contributed by atoms with Gasteiger partial charge in [-0.25, -0.2) is 0 Å². The van der Waals surface area contributed by atoms with E-state index in [1.165, 1.54) is 0 Å². The Morgan fingerprint density at radius 3 is 0.800 bits per heavy atom. The van der Waals surface area contributed by atoms with Crippen LogP contribution < -0.4 is 34.3 Å². The van der Waals surface area contributed by atoms with Gasteiger partial charge in [-0.1, -0.05) is 0 Å². The molecular formula is H4F3NaO. The van der Waals surface area contributed by atoms with Crippen LogP contribution in [-0.4, -0.2) is 5.48 Å². The van der Waals surface area contributed by atoms with Crippen molar-refractivity contribution in [3.63, 3.8) is 0 Å². The van der Waals surface area contributed by atoms with E-state index in [1.54, 1.807) is 0 Å². The van der Waals surface area contributed by atoms with Crippen molar-refractivity contribution in [3.05, 3.63) is 0 Å². The Bertz CT molecular complexity index is 6.85. The van der Waals surface area contributed by atoms with Gasteiger partial charge >= 0.3 is 29.6 Å². The van der Waals surface area contributed by atoms with Crippen molar-refractivity contribution >= 4 is 0 Å². The van der Waals surface area contributed by atoms with E-state index in [2.05, 4.69) is 0 Å². The van der Waals surface area contributed by atoms with Crippen LogP contribution in [0.4, 0.5) is 9.41 Å². The third-order valence-electron chi connectivity index (χ3n) is 0. The van der Waals surface area contributed by atoms with Crippen LogP contribution in [0.15, 0.2) is 0 Å². The average Bonchev–Trinajstić information content (AvgIpc) is 0. The molecule has 0 saturated heterocycles. The molecule has 32 valence electrons. The molecule has 0 spiro atoms. The molecule has 5 heavy (non-hydrogen) atoms. The molecule has 0 amide bonds. The van der Waals surface area contributed by atoms with Gasteiger partial charge in [0.25, 0.3) is 0 Å². The van der Waals surface area contributed by atoms with Crippen molar-refractivity contribution in [2.75, 3.05) is 0 Å². The van der Waals surface area contributed by atoms with E-state index in [1.807, 2.05) is 0 Å². The van der Waals surface area contributed by atoms with E-state index >= 15 is 0 Å². The molecular weight excluding hydrogens is 96.0 g/mol. The Balaban J connectivity index is 0. The van der Waals surface area contributed by atoms with Gasteiger partial charge in [0.2, 0.25) is 0 Å². The number of hydrogen-bond donors (Lipinski definition) is 0. The molecule has 0 saturated carbocycles. The molecule has 0 bridgehead atoms. The van der Waals surface area contributed by atoms with Gasteiger partial charge in [0.1, 0.15) is 0 Å². The van der Waals surface area contributed by atoms with Crippen LogP contribution in [0.3, 0.4) is 0 Å². The zero-order valence-electron chi connectivity index (χ0n) is 2.69. The summed E-state index contributed by atoms with van der Waals surface area (Å²) in [5.41, 5.74) is 0. The maximum Gasteiger partial charge on any atom is 1.00 e. The summed E-state index contributed by atoms with van der Waals surface area (Å²) in [7, 11) is 0. The Labute approximate surface area is 49.4 Å². The Kier molecular flexibility index (Phi) is 5480. The summed E-state index contributed by atoms with van der Waals surface area (Å²) in [4.78, 5) is 0. The molecule has 1 nitrogen and oxygen atoms in total. The monoisotopic (exact) mass is 100 g/mol. The summed E-state index contributed by atoms with van der Waals surface area (Å²) >= 11 is 0. The fraction of sp³-hybridized carbons (Fsp3) is 0. The van der Waals surface area contributed by atoms with Crippen LogP contribution in [-0.2, 0) is 0 Å². The summed E-state index contributed by atoms with van der Waals surface area (Å²) in [6, 6.07) is 0.